The van der Waals surface area contributed by atoms with Crippen LogP contribution in [0.2, 0.25) is 0 Å². The first-order chi connectivity index (χ1) is 10.7. The van der Waals surface area contributed by atoms with Crippen LogP contribution in [-0.2, 0) is 4.79 Å². The average Bonchev–Trinajstić information content (AvgIpc) is 2.93. The van der Waals surface area contributed by atoms with E-state index in [4.69, 9.17) is 27.9 Å². The molecular formula is C16H19Cl2F2NO2. The molecule has 0 bridgehead atoms. The van der Waals surface area contributed by atoms with Crippen molar-refractivity contribution in [2.75, 3.05) is 6.61 Å². The molecule has 1 N–H and O–H groups in total. The van der Waals surface area contributed by atoms with Crippen LogP contribution < -0.4 is 10.1 Å². The number of alkyl halides is 2. The molecule has 1 aromatic rings. The van der Waals surface area contributed by atoms with Crippen molar-refractivity contribution in [2.24, 2.45) is 11.3 Å². The summed E-state index contributed by atoms with van der Waals surface area (Å²) < 4.78 is 30.7. The fraction of sp³-hybridized carbons (Fsp3) is 0.562. The number of hydrogen-bond acceptors (Lipinski definition) is 2. The van der Waals surface area contributed by atoms with E-state index in [2.05, 4.69) is 5.32 Å². The molecule has 3 nitrogen and oxygen atoms in total. The van der Waals surface area contributed by atoms with Gasteiger partial charge in [-0.3, -0.25) is 4.79 Å². The summed E-state index contributed by atoms with van der Waals surface area (Å²) in [5.41, 5.74) is -0.825. The van der Waals surface area contributed by atoms with Crippen molar-refractivity contribution in [3.63, 3.8) is 0 Å². The molecule has 1 aromatic carbocycles. The molecule has 0 saturated heterocycles. The van der Waals surface area contributed by atoms with Crippen molar-refractivity contribution in [1.82, 2.24) is 5.32 Å². The Morgan fingerprint density at radius 2 is 2.04 bits per heavy atom. The third-order valence-corrected chi connectivity index (χ3v) is 5.85. The van der Waals surface area contributed by atoms with E-state index in [1.807, 2.05) is 13.8 Å². The molecule has 1 aliphatic rings. The molecule has 1 amide bonds. The maximum atomic E-state index is 13.5. The van der Waals surface area contributed by atoms with Gasteiger partial charge in [0.25, 0.3) is 0 Å². The molecule has 0 heterocycles. The van der Waals surface area contributed by atoms with E-state index in [1.54, 1.807) is 6.92 Å². The number of nitrogens with one attached hydrogen (secondary N) is 1. The Hall–Kier alpha value is -1.07. The van der Waals surface area contributed by atoms with E-state index >= 15 is 0 Å². The summed E-state index contributed by atoms with van der Waals surface area (Å²) in [5.74, 6) is -1.86. The van der Waals surface area contributed by atoms with Crippen molar-refractivity contribution in [1.29, 1.82) is 0 Å². The van der Waals surface area contributed by atoms with Crippen LogP contribution in [0.15, 0.2) is 18.2 Å². The normalized spacial score (nSPS) is 26.5. The molecule has 0 spiro atoms. The van der Waals surface area contributed by atoms with Gasteiger partial charge in [-0.25, -0.2) is 8.78 Å². The molecule has 0 aliphatic heterocycles. The molecule has 1 saturated carbocycles. The molecule has 1 fully saturated rings. The van der Waals surface area contributed by atoms with E-state index in [9.17, 15) is 13.6 Å². The smallest absolute Gasteiger partial charge is 0.229 e. The minimum atomic E-state index is -1.08. The Morgan fingerprint density at radius 3 is 2.57 bits per heavy atom. The molecule has 1 aliphatic carbocycles. The molecule has 0 unspecified atom stereocenters. The van der Waals surface area contributed by atoms with Gasteiger partial charge >= 0.3 is 0 Å². The summed E-state index contributed by atoms with van der Waals surface area (Å²) in [4.78, 5) is 12.5. The largest absolute Gasteiger partial charge is 0.488 e. The second-order valence-electron chi connectivity index (χ2n) is 5.93. The lowest BCUT2D eigenvalue weighted by molar-refractivity contribution is -0.127. The van der Waals surface area contributed by atoms with Crippen LogP contribution in [0, 0.1) is 23.0 Å². The summed E-state index contributed by atoms with van der Waals surface area (Å²) in [6, 6.07) is 2.54. The van der Waals surface area contributed by atoms with Gasteiger partial charge in [0.15, 0.2) is 11.6 Å². The molecule has 128 valence electrons. The van der Waals surface area contributed by atoms with Crippen molar-refractivity contribution in [3.8, 4) is 5.75 Å². The number of ether oxygens (including phenoxy) is 1. The highest BCUT2D eigenvalue weighted by atomic mass is 35.5. The molecular weight excluding hydrogens is 347 g/mol. The zero-order valence-electron chi connectivity index (χ0n) is 13.1. The number of halogens is 4. The van der Waals surface area contributed by atoms with Crippen LogP contribution in [0.25, 0.3) is 0 Å². The van der Waals surface area contributed by atoms with Crippen LogP contribution in [-0.4, -0.2) is 22.9 Å². The molecule has 3 atom stereocenters. The van der Waals surface area contributed by atoms with Gasteiger partial charge in [0.05, 0.1) is 11.5 Å². The number of carbonyl (C=O) groups is 1. The van der Waals surface area contributed by atoms with Crippen LogP contribution >= 0.6 is 23.2 Å². The highest BCUT2D eigenvalue weighted by Gasteiger charge is 2.76. The number of amides is 1. The van der Waals surface area contributed by atoms with Gasteiger partial charge < -0.3 is 10.1 Å². The fourth-order valence-electron chi connectivity index (χ4n) is 2.89. The van der Waals surface area contributed by atoms with Gasteiger partial charge in [-0.2, -0.15) is 0 Å². The number of rotatable bonds is 6. The Bertz CT molecular complexity index is 612. The van der Waals surface area contributed by atoms with E-state index < -0.39 is 27.4 Å². The summed E-state index contributed by atoms with van der Waals surface area (Å²) in [6.07, 6.45) is 0.513. The third-order valence-electron chi connectivity index (χ3n) is 4.52. The highest BCUT2D eigenvalue weighted by molar-refractivity contribution is 6.53. The number of benzene rings is 1. The number of carbonyl (C=O) groups excluding carboxylic acids is 1. The van der Waals surface area contributed by atoms with Gasteiger partial charge in [0, 0.05) is 12.0 Å². The molecule has 0 radical (unpaired) electrons. The quantitative estimate of drug-likeness (QED) is 0.771. The first kappa shape index (κ1) is 18.3. The summed E-state index contributed by atoms with van der Waals surface area (Å²) in [5, 5.41) is 2.77. The zero-order valence-corrected chi connectivity index (χ0v) is 14.6. The zero-order chi connectivity index (χ0) is 17.4. The minimum absolute atomic E-state index is 0.00212. The molecule has 2 rings (SSSR count). The molecule has 7 heteroatoms. The fourth-order valence-corrected chi connectivity index (χ4v) is 3.92. The predicted octanol–water partition coefficient (Wildman–Crippen LogP) is 4.07. The van der Waals surface area contributed by atoms with Gasteiger partial charge in [-0.15, -0.1) is 23.2 Å². The van der Waals surface area contributed by atoms with E-state index in [1.165, 1.54) is 0 Å². The first-order valence-electron chi connectivity index (χ1n) is 7.43. The monoisotopic (exact) mass is 365 g/mol. The molecule has 0 aromatic heterocycles. The Labute approximate surface area is 144 Å². The van der Waals surface area contributed by atoms with Crippen LogP contribution in [0.4, 0.5) is 8.78 Å². The second kappa shape index (κ2) is 6.44. The van der Waals surface area contributed by atoms with Crippen molar-refractivity contribution in [3.05, 3.63) is 29.8 Å². The van der Waals surface area contributed by atoms with Crippen LogP contribution in [0.3, 0.4) is 0 Å². The van der Waals surface area contributed by atoms with E-state index in [-0.39, 0.29) is 24.2 Å². The van der Waals surface area contributed by atoms with E-state index in [0.717, 1.165) is 18.2 Å². The summed E-state index contributed by atoms with van der Waals surface area (Å²) in [7, 11) is 0. The second-order valence-corrected chi connectivity index (χ2v) is 7.32. The summed E-state index contributed by atoms with van der Waals surface area (Å²) >= 11 is 12.4. The number of hydrogen-bond donors (Lipinski definition) is 1. The van der Waals surface area contributed by atoms with Crippen LogP contribution in [0.5, 0.6) is 5.75 Å². The first-order valence-corrected chi connectivity index (χ1v) is 8.19. The van der Waals surface area contributed by atoms with Gasteiger partial charge in [0.1, 0.15) is 16.8 Å². The lowest BCUT2D eigenvalue weighted by atomic mass is 9.99. The average molecular weight is 366 g/mol. The third kappa shape index (κ3) is 3.13. The Morgan fingerprint density at radius 1 is 1.43 bits per heavy atom. The van der Waals surface area contributed by atoms with Crippen molar-refractivity contribution < 1.29 is 18.3 Å². The topological polar surface area (TPSA) is 38.3 Å². The maximum absolute atomic E-state index is 13.5. The lowest BCUT2D eigenvalue weighted by Gasteiger charge is -2.21. The SMILES string of the molecule is CC[C@@]1(C(=O)N[C@@H](C)COc2cc(F)ccc2F)[C@H](C)C1(Cl)Cl. The van der Waals surface area contributed by atoms with Gasteiger partial charge in [-0.05, 0) is 25.5 Å². The Kier molecular flexibility index (Phi) is 5.12. The minimum Gasteiger partial charge on any atom is -0.488 e. The van der Waals surface area contributed by atoms with Gasteiger partial charge in [-0.1, -0.05) is 13.8 Å². The Balaban J connectivity index is 1.94. The predicted molar refractivity (Wildman–Crippen MR) is 85.8 cm³/mol. The standard InChI is InChI=1S/C16H19Cl2F2NO2/c1-4-15(10(3)16(15,17)18)14(22)21-9(2)8-23-13-7-11(19)5-6-12(13)20/h5-7,9-10H,4,8H2,1-3H3,(H,21,22)/t9-,10-,15-/m0/s1. The highest BCUT2D eigenvalue weighted by Crippen LogP contribution is 2.70. The van der Waals surface area contributed by atoms with Crippen molar-refractivity contribution in [2.45, 2.75) is 37.6 Å². The van der Waals surface area contributed by atoms with E-state index in [0.29, 0.717) is 6.42 Å². The molecule has 23 heavy (non-hydrogen) atoms. The van der Waals surface area contributed by atoms with Gasteiger partial charge in [0.2, 0.25) is 5.91 Å². The maximum Gasteiger partial charge on any atom is 0.229 e. The van der Waals surface area contributed by atoms with Crippen molar-refractivity contribution >= 4 is 29.1 Å². The summed E-state index contributed by atoms with van der Waals surface area (Å²) in [6.45, 7) is 5.38. The van der Waals surface area contributed by atoms with Crippen LogP contribution in [0.1, 0.15) is 27.2 Å². The lowest BCUT2D eigenvalue weighted by Crippen LogP contribution is -2.43.